The first kappa shape index (κ1) is 9.51. The van der Waals surface area contributed by atoms with E-state index in [1.54, 1.807) is 6.26 Å². The highest BCUT2D eigenvalue weighted by atomic mass is 16.5. The number of anilines is 2. The Morgan fingerprint density at radius 3 is 2.87 bits per heavy atom. The fourth-order valence-corrected chi connectivity index (χ4v) is 1.18. The van der Waals surface area contributed by atoms with Crippen molar-refractivity contribution in [1.29, 1.82) is 0 Å². The quantitative estimate of drug-likeness (QED) is 0.794. The number of pyridine rings is 1. The molecule has 0 saturated heterocycles. The number of hydrogen-bond acceptors (Lipinski definition) is 5. The maximum Gasteiger partial charge on any atom is 0.128 e. The van der Waals surface area contributed by atoms with Gasteiger partial charge in [-0.3, -0.25) is 0 Å². The molecular formula is C10H12N4O. The Bertz CT molecular complexity index is 413. The number of hydrogen-bond donors (Lipinski definition) is 2. The molecule has 2 rings (SSSR count). The molecule has 0 saturated carbocycles. The molecule has 0 atom stereocenters. The Kier molecular flexibility index (Phi) is 2.82. The zero-order valence-corrected chi connectivity index (χ0v) is 8.40. The number of aromatic nitrogens is 2. The summed E-state index contributed by atoms with van der Waals surface area (Å²) in [7, 11) is 1.84. The summed E-state index contributed by atoms with van der Waals surface area (Å²) in [6.45, 7) is 0.608. The summed E-state index contributed by atoms with van der Waals surface area (Å²) in [4.78, 5) is 4.31. The van der Waals surface area contributed by atoms with E-state index in [0.29, 0.717) is 6.54 Å². The van der Waals surface area contributed by atoms with Gasteiger partial charge in [0.25, 0.3) is 0 Å². The number of rotatable bonds is 4. The van der Waals surface area contributed by atoms with Gasteiger partial charge in [0.1, 0.15) is 23.6 Å². The third-order valence-corrected chi connectivity index (χ3v) is 1.95. The predicted molar refractivity (Wildman–Crippen MR) is 57.6 cm³/mol. The summed E-state index contributed by atoms with van der Waals surface area (Å²) in [6, 6.07) is 7.56. The third-order valence-electron chi connectivity index (χ3n) is 1.95. The van der Waals surface area contributed by atoms with Crippen LogP contribution in [0, 0.1) is 0 Å². The second kappa shape index (κ2) is 4.45. The van der Waals surface area contributed by atoms with Crippen LogP contribution in [0.25, 0.3) is 0 Å². The molecule has 0 fully saturated rings. The standard InChI is InChI=1S/C10H12N4O/c1-11-9-3-2-4-10(13-9)12-7-8-5-6-15-14-8/h2-6H,7H2,1H3,(H2,11,12,13). The Labute approximate surface area is 87.5 Å². The first-order valence-corrected chi connectivity index (χ1v) is 4.66. The molecule has 0 radical (unpaired) electrons. The highest BCUT2D eigenvalue weighted by molar-refractivity contribution is 5.44. The van der Waals surface area contributed by atoms with Crippen LogP contribution >= 0.6 is 0 Å². The molecule has 2 aromatic heterocycles. The average molecular weight is 204 g/mol. The van der Waals surface area contributed by atoms with Crippen LogP contribution in [-0.2, 0) is 6.54 Å². The van der Waals surface area contributed by atoms with Crippen LogP contribution in [0.4, 0.5) is 11.6 Å². The maximum absolute atomic E-state index is 4.73. The first-order valence-electron chi connectivity index (χ1n) is 4.66. The van der Waals surface area contributed by atoms with Gasteiger partial charge in [0.15, 0.2) is 0 Å². The minimum atomic E-state index is 0.608. The Hall–Kier alpha value is -2.04. The fourth-order valence-electron chi connectivity index (χ4n) is 1.18. The van der Waals surface area contributed by atoms with Crippen LogP contribution in [0.15, 0.2) is 35.1 Å². The van der Waals surface area contributed by atoms with Crippen LogP contribution in [0.3, 0.4) is 0 Å². The lowest BCUT2D eigenvalue weighted by atomic mass is 10.4. The molecule has 0 unspecified atom stereocenters. The van der Waals surface area contributed by atoms with Gasteiger partial charge in [0.05, 0.1) is 6.54 Å². The highest BCUT2D eigenvalue weighted by Crippen LogP contribution is 2.09. The molecule has 2 heterocycles. The van der Waals surface area contributed by atoms with Crippen molar-refractivity contribution in [3.05, 3.63) is 36.2 Å². The van der Waals surface area contributed by atoms with Crippen LogP contribution in [-0.4, -0.2) is 17.2 Å². The van der Waals surface area contributed by atoms with E-state index in [0.717, 1.165) is 17.3 Å². The van der Waals surface area contributed by atoms with E-state index in [1.807, 2.05) is 31.3 Å². The van der Waals surface area contributed by atoms with Crippen LogP contribution in [0.2, 0.25) is 0 Å². The average Bonchev–Trinajstić information content (AvgIpc) is 2.79. The van der Waals surface area contributed by atoms with Crippen LogP contribution in [0.5, 0.6) is 0 Å². The molecule has 0 spiro atoms. The summed E-state index contributed by atoms with van der Waals surface area (Å²) in [5, 5.41) is 9.92. The highest BCUT2D eigenvalue weighted by Gasteiger charge is 1.98. The molecule has 0 amide bonds. The van der Waals surface area contributed by atoms with Gasteiger partial charge in [-0.15, -0.1) is 0 Å². The second-order valence-corrected chi connectivity index (χ2v) is 3.00. The van der Waals surface area contributed by atoms with Gasteiger partial charge in [0, 0.05) is 13.1 Å². The molecule has 15 heavy (non-hydrogen) atoms. The lowest BCUT2D eigenvalue weighted by molar-refractivity contribution is 0.412. The van der Waals surface area contributed by atoms with Gasteiger partial charge >= 0.3 is 0 Å². The monoisotopic (exact) mass is 204 g/mol. The minimum absolute atomic E-state index is 0.608. The van der Waals surface area contributed by atoms with E-state index in [2.05, 4.69) is 20.8 Å². The lowest BCUT2D eigenvalue weighted by Crippen LogP contribution is -2.02. The van der Waals surface area contributed by atoms with Crippen molar-refractivity contribution < 1.29 is 4.52 Å². The van der Waals surface area contributed by atoms with Gasteiger partial charge in [-0.05, 0) is 12.1 Å². The largest absolute Gasteiger partial charge is 0.373 e. The van der Waals surface area contributed by atoms with E-state index >= 15 is 0 Å². The van der Waals surface area contributed by atoms with E-state index in [4.69, 9.17) is 4.52 Å². The minimum Gasteiger partial charge on any atom is -0.373 e. The number of nitrogens with zero attached hydrogens (tertiary/aromatic N) is 2. The molecule has 0 aromatic carbocycles. The molecule has 2 aromatic rings. The second-order valence-electron chi connectivity index (χ2n) is 3.00. The number of nitrogens with one attached hydrogen (secondary N) is 2. The van der Waals surface area contributed by atoms with Crippen molar-refractivity contribution in [2.24, 2.45) is 0 Å². The van der Waals surface area contributed by atoms with Crippen molar-refractivity contribution in [3.63, 3.8) is 0 Å². The summed E-state index contributed by atoms with van der Waals surface area (Å²) in [6.07, 6.45) is 1.55. The third kappa shape index (κ3) is 2.46. The van der Waals surface area contributed by atoms with E-state index in [-0.39, 0.29) is 0 Å². The van der Waals surface area contributed by atoms with Crippen molar-refractivity contribution >= 4 is 11.6 Å². The first-order chi connectivity index (χ1) is 7.38. The summed E-state index contributed by atoms with van der Waals surface area (Å²) in [5.74, 6) is 1.64. The Morgan fingerprint density at radius 1 is 1.27 bits per heavy atom. The van der Waals surface area contributed by atoms with Crippen molar-refractivity contribution in [2.75, 3.05) is 17.7 Å². The zero-order valence-electron chi connectivity index (χ0n) is 8.40. The zero-order chi connectivity index (χ0) is 10.5. The molecule has 78 valence electrons. The van der Waals surface area contributed by atoms with Gasteiger partial charge < -0.3 is 15.2 Å². The van der Waals surface area contributed by atoms with Gasteiger partial charge in [-0.25, -0.2) is 4.98 Å². The molecule has 5 heteroatoms. The molecule has 0 bridgehead atoms. The molecule has 2 N–H and O–H groups in total. The Balaban J connectivity index is 1.98. The summed E-state index contributed by atoms with van der Waals surface area (Å²) >= 11 is 0. The molecule has 0 aliphatic heterocycles. The predicted octanol–water partition coefficient (Wildman–Crippen LogP) is 1.72. The summed E-state index contributed by atoms with van der Waals surface area (Å²) < 4.78 is 4.73. The normalized spacial score (nSPS) is 9.93. The van der Waals surface area contributed by atoms with E-state index < -0.39 is 0 Å². The van der Waals surface area contributed by atoms with Crippen molar-refractivity contribution in [3.8, 4) is 0 Å². The van der Waals surface area contributed by atoms with E-state index in [9.17, 15) is 0 Å². The summed E-state index contributed by atoms with van der Waals surface area (Å²) in [5.41, 5.74) is 0.853. The molecule has 0 aliphatic carbocycles. The lowest BCUT2D eigenvalue weighted by Gasteiger charge is -2.04. The Morgan fingerprint density at radius 2 is 2.13 bits per heavy atom. The SMILES string of the molecule is CNc1cccc(NCc2ccon2)n1. The van der Waals surface area contributed by atoms with Crippen LogP contribution in [0.1, 0.15) is 5.69 Å². The maximum atomic E-state index is 4.73. The topological polar surface area (TPSA) is 63.0 Å². The molecule has 0 aliphatic rings. The van der Waals surface area contributed by atoms with Gasteiger partial charge in [-0.1, -0.05) is 11.2 Å². The van der Waals surface area contributed by atoms with E-state index in [1.165, 1.54) is 0 Å². The fraction of sp³-hybridized carbons (Fsp3) is 0.200. The van der Waals surface area contributed by atoms with Gasteiger partial charge in [-0.2, -0.15) is 0 Å². The van der Waals surface area contributed by atoms with Gasteiger partial charge in [0.2, 0.25) is 0 Å². The smallest absolute Gasteiger partial charge is 0.128 e. The molecule has 5 nitrogen and oxygen atoms in total. The van der Waals surface area contributed by atoms with Crippen molar-refractivity contribution in [2.45, 2.75) is 6.54 Å². The van der Waals surface area contributed by atoms with Crippen molar-refractivity contribution in [1.82, 2.24) is 10.1 Å². The molecular weight excluding hydrogens is 192 g/mol. The van der Waals surface area contributed by atoms with Crippen LogP contribution < -0.4 is 10.6 Å².